The fraction of sp³-hybridized carbons (Fsp3) is 0.250. The summed E-state index contributed by atoms with van der Waals surface area (Å²) in [5, 5.41) is 13.6. The van der Waals surface area contributed by atoms with Crippen LogP contribution in [0.1, 0.15) is 11.1 Å². The van der Waals surface area contributed by atoms with Crippen LogP contribution in [0, 0.1) is 0 Å². The highest BCUT2D eigenvalue weighted by Crippen LogP contribution is 2.26. The zero-order valence-electron chi connectivity index (χ0n) is 9.23. The van der Waals surface area contributed by atoms with Crippen molar-refractivity contribution in [3.05, 3.63) is 41.4 Å². The number of piperazine rings is 1. The lowest BCUT2D eigenvalue weighted by Gasteiger charge is -2.25. The zero-order chi connectivity index (χ0) is 11.8. The highest BCUT2D eigenvalue weighted by Gasteiger charge is 2.29. The third-order valence-electron chi connectivity index (χ3n) is 3.04. The van der Waals surface area contributed by atoms with Gasteiger partial charge in [0.1, 0.15) is 6.04 Å². The van der Waals surface area contributed by atoms with E-state index in [0.29, 0.717) is 12.2 Å². The van der Waals surface area contributed by atoms with E-state index in [1.165, 1.54) is 0 Å². The Kier molecular flexibility index (Phi) is 2.26. The number of nitrogens with one attached hydrogen (secondary N) is 2. The van der Waals surface area contributed by atoms with Gasteiger partial charge in [0.25, 0.3) is 0 Å². The number of carbonyl (C=O) groups excluding carboxylic acids is 1. The average Bonchev–Trinajstić information content (AvgIpc) is 2.72. The van der Waals surface area contributed by atoms with Crippen LogP contribution in [0.4, 0.5) is 0 Å². The number of aromatic nitrogens is 2. The predicted molar refractivity (Wildman–Crippen MR) is 62.8 cm³/mol. The zero-order valence-corrected chi connectivity index (χ0v) is 9.23. The average molecular weight is 228 g/mol. The van der Waals surface area contributed by atoms with Crippen molar-refractivity contribution in [1.82, 2.24) is 20.8 Å². The van der Waals surface area contributed by atoms with Crippen LogP contribution < -0.4 is 10.6 Å². The van der Waals surface area contributed by atoms with Crippen LogP contribution in [-0.2, 0) is 11.2 Å². The summed E-state index contributed by atoms with van der Waals surface area (Å²) in [5.74, 6) is -0.0405. The maximum Gasteiger partial charge on any atom is 0.245 e. The van der Waals surface area contributed by atoms with Gasteiger partial charge in [-0.1, -0.05) is 12.7 Å². The molecule has 0 aromatic carbocycles. The van der Waals surface area contributed by atoms with E-state index in [1.807, 2.05) is 6.08 Å². The number of nitrogens with zero attached hydrogens (tertiary/aromatic N) is 2. The van der Waals surface area contributed by atoms with Gasteiger partial charge in [0, 0.05) is 12.2 Å². The van der Waals surface area contributed by atoms with Crippen LogP contribution in [0.3, 0.4) is 0 Å². The van der Waals surface area contributed by atoms with E-state index in [0.717, 1.165) is 23.1 Å². The first-order chi connectivity index (χ1) is 8.24. The van der Waals surface area contributed by atoms with Gasteiger partial charge in [0.15, 0.2) is 0 Å². The molecule has 1 atom stereocenters. The highest BCUT2D eigenvalue weighted by molar-refractivity contribution is 5.89. The van der Waals surface area contributed by atoms with Crippen molar-refractivity contribution in [3.63, 3.8) is 0 Å². The molecule has 0 bridgehead atoms. The Morgan fingerprint density at radius 3 is 2.94 bits per heavy atom. The minimum absolute atomic E-state index is 0.0405. The molecule has 0 spiro atoms. The predicted octanol–water partition coefficient (Wildman–Crippen LogP) is 0.0178. The minimum Gasteiger partial charge on any atom is -0.327 e. The summed E-state index contributed by atoms with van der Waals surface area (Å²) in [6.45, 7) is 4.34. The molecule has 0 saturated carbocycles. The summed E-state index contributed by atoms with van der Waals surface area (Å²) in [5.41, 5.74) is 3.94. The standard InChI is InChI=1S/C12H12N4O/c1-7-4-13-11(12(17)16-7)8-2-9-5-14-15-6-10(9)3-8/h2,5-6,11,13H,1,3-4H2,(H,16,17). The third kappa shape index (κ3) is 1.74. The normalized spacial score (nSPS) is 23.1. The molecule has 86 valence electrons. The number of hydrogen-bond donors (Lipinski definition) is 2. The van der Waals surface area contributed by atoms with Gasteiger partial charge < -0.3 is 5.32 Å². The number of amides is 1. The smallest absolute Gasteiger partial charge is 0.245 e. The van der Waals surface area contributed by atoms with Crippen LogP contribution in [0.2, 0.25) is 0 Å². The molecule has 2 heterocycles. The van der Waals surface area contributed by atoms with Crippen LogP contribution in [0.15, 0.2) is 30.2 Å². The molecular weight excluding hydrogens is 216 g/mol. The maximum atomic E-state index is 11.8. The molecule has 1 aliphatic heterocycles. The van der Waals surface area contributed by atoms with Crippen molar-refractivity contribution in [2.24, 2.45) is 0 Å². The van der Waals surface area contributed by atoms with Crippen molar-refractivity contribution in [3.8, 4) is 0 Å². The van der Waals surface area contributed by atoms with Crippen LogP contribution >= 0.6 is 0 Å². The second-order valence-electron chi connectivity index (χ2n) is 4.27. The quantitative estimate of drug-likeness (QED) is 0.711. The topological polar surface area (TPSA) is 66.9 Å². The fourth-order valence-electron chi connectivity index (χ4n) is 2.20. The molecule has 5 nitrogen and oxygen atoms in total. The van der Waals surface area contributed by atoms with E-state index in [2.05, 4.69) is 27.4 Å². The molecule has 1 saturated heterocycles. The molecule has 5 heteroatoms. The summed E-state index contributed by atoms with van der Waals surface area (Å²) < 4.78 is 0. The molecule has 2 aliphatic rings. The van der Waals surface area contributed by atoms with Gasteiger partial charge in [0.05, 0.1) is 12.4 Å². The van der Waals surface area contributed by atoms with Gasteiger partial charge in [-0.2, -0.15) is 10.2 Å². The van der Waals surface area contributed by atoms with Crippen molar-refractivity contribution in [1.29, 1.82) is 0 Å². The van der Waals surface area contributed by atoms with E-state index in [4.69, 9.17) is 0 Å². The van der Waals surface area contributed by atoms with Gasteiger partial charge in [-0.15, -0.1) is 0 Å². The van der Waals surface area contributed by atoms with E-state index in [-0.39, 0.29) is 11.9 Å². The first-order valence-electron chi connectivity index (χ1n) is 5.46. The Morgan fingerprint density at radius 1 is 1.35 bits per heavy atom. The van der Waals surface area contributed by atoms with Gasteiger partial charge in [-0.05, 0) is 23.1 Å². The Bertz CT molecular complexity index is 535. The number of hydrogen-bond acceptors (Lipinski definition) is 4. The van der Waals surface area contributed by atoms with E-state index >= 15 is 0 Å². The van der Waals surface area contributed by atoms with Crippen molar-refractivity contribution >= 4 is 12.0 Å². The summed E-state index contributed by atoms with van der Waals surface area (Å²) in [6, 6.07) is -0.270. The lowest BCUT2D eigenvalue weighted by atomic mass is 10.0. The maximum absolute atomic E-state index is 11.8. The van der Waals surface area contributed by atoms with Gasteiger partial charge in [-0.3, -0.25) is 10.1 Å². The second-order valence-corrected chi connectivity index (χ2v) is 4.27. The number of fused-ring (bicyclic) bond motifs is 1. The summed E-state index contributed by atoms with van der Waals surface area (Å²) in [6.07, 6.45) is 6.23. The fourth-order valence-corrected chi connectivity index (χ4v) is 2.20. The SMILES string of the molecule is C=C1CNC(C2=Cc3cnncc3C2)C(=O)N1. The van der Waals surface area contributed by atoms with Crippen molar-refractivity contribution in [2.45, 2.75) is 12.5 Å². The number of rotatable bonds is 1. The summed E-state index contributed by atoms with van der Waals surface area (Å²) >= 11 is 0. The van der Waals surface area contributed by atoms with Crippen molar-refractivity contribution in [2.75, 3.05) is 6.54 Å². The van der Waals surface area contributed by atoms with Crippen LogP contribution in [0.25, 0.3) is 6.08 Å². The third-order valence-corrected chi connectivity index (χ3v) is 3.04. The van der Waals surface area contributed by atoms with Gasteiger partial charge in [-0.25, -0.2) is 0 Å². The first-order valence-corrected chi connectivity index (χ1v) is 5.46. The Hall–Kier alpha value is -2.01. The molecule has 3 rings (SSSR count). The van der Waals surface area contributed by atoms with Gasteiger partial charge >= 0.3 is 0 Å². The molecular formula is C12H12N4O. The van der Waals surface area contributed by atoms with E-state index in [1.54, 1.807) is 12.4 Å². The molecule has 1 aliphatic carbocycles. The highest BCUT2D eigenvalue weighted by atomic mass is 16.2. The summed E-state index contributed by atoms with van der Waals surface area (Å²) in [4.78, 5) is 11.8. The van der Waals surface area contributed by atoms with E-state index in [9.17, 15) is 4.79 Å². The molecule has 17 heavy (non-hydrogen) atoms. The minimum atomic E-state index is -0.270. The Morgan fingerprint density at radius 2 is 2.18 bits per heavy atom. The monoisotopic (exact) mass is 228 g/mol. The van der Waals surface area contributed by atoms with E-state index < -0.39 is 0 Å². The van der Waals surface area contributed by atoms with Crippen molar-refractivity contribution < 1.29 is 4.79 Å². The molecule has 1 aromatic rings. The molecule has 0 radical (unpaired) electrons. The second kappa shape index (κ2) is 3.78. The number of carbonyl (C=O) groups is 1. The molecule has 1 unspecified atom stereocenters. The summed E-state index contributed by atoms with van der Waals surface area (Å²) in [7, 11) is 0. The van der Waals surface area contributed by atoms with Crippen LogP contribution in [-0.4, -0.2) is 28.7 Å². The lowest BCUT2D eigenvalue weighted by Crippen LogP contribution is -2.52. The Balaban J connectivity index is 1.84. The molecule has 1 aromatic heterocycles. The molecule has 1 amide bonds. The van der Waals surface area contributed by atoms with Crippen LogP contribution in [0.5, 0.6) is 0 Å². The first kappa shape index (κ1) is 10.2. The van der Waals surface area contributed by atoms with Gasteiger partial charge in [0.2, 0.25) is 5.91 Å². The molecule has 2 N–H and O–H groups in total. The Labute approximate surface area is 98.6 Å². The molecule has 1 fully saturated rings. The lowest BCUT2D eigenvalue weighted by molar-refractivity contribution is -0.122. The largest absolute Gasteiger partial charge is 0.327 e.